The van der Waals surface area contributed by atoms with Crippen molar-refractivity contribution in [2.24, 2.45) is 0 Å². The first-order valence-electron chi connectivity index (χ1n) is 10.3. The Morgan fingerprint density at radius 3 is 2.94 bits per heavy atom. The van der Waals surface area contributed by atoms with Crippen LogP contribution in [0.5, 0.6) is 11.5 Å². The lowest BCUT2D eigenvalue weighted by molar-refractivity contribution is -0.0293. The average Bonchev–Trinajstić information content (AvgIpc) is 2.84. The standard InChI is InChI=1S/C24H24N4O3/c1-29-20-5-6-23-18(10-20)9-17(15-31-23)13-28-7-8-30-24(14-28)22-4-2-3-21(27-22)19-11-25-16-26-12-19/h2-6,9-12,16,24H,7-8,13-15H2,1H3. The van der Waals surface area contributed by atoms with Crippen molar-refractivity contribution in [1.29, 1.82) is 0 Å². The molecule has 1 atom stereocenters. The third-order valence-electron chi connectivity index (χ3n) is 5.52. The van der Waals surface area contributed by atoms with Crippen molar-refractivity contribution >= 4 is 6.08 Å². The zero-order chi connectivity index (χ0) is 21.0. The summed E-state index contributed by atoms with van der Waals surface area (Å²) in [7, 11) is 1.68. The number of morpholine rings is 1. The predicted octanol–water partition coefficient (Wildman–Crippen LogP) is 3.40. The summed E-state index contributed by atoms with van der Waals surface area (Å²) >= 11 is 0. The quantitative estimate of drug-likeness (QED) is 0.631. The molecule has 4 heterocycles. The van der Waals surface area contributed by atoms with Crippen LogP contribution >= 0.6 is 0 Å². The Labute approximate surface area is 181 Å². The van der Waals surface area contributed by atoms with E-state index in [1.165, 1.54) is 11.9 Å². The maximum absolute atomic E-state index is 6.06. The molecule has 1 fully saturated rings. The van der Waals surface area contributed by atoms with Crippen LogP contribution in [0, 0.1) is 0 Å². The highest BCUT2D eigenvalue weighted by Crippen LogP contribution is 2.31. The van der Waals surface area contributed by atoms with Crippen molar-refractivity contribution in [1.82, 2.24) is 19.9 Å². The van der Waals surface area contributed by atoms with E-state index in [9.17, 15) is 0 Å². The highest BCUT2D eigenvalue weighted by molar-refractivity contribution is 5.64. The minimum atomic E-state index is -0.0733. The van der Waals surface area contributed by atoms with Gasteiger partial charge in [-0.25, -0.2) is 15.0 Å². The summed E-state index contributed by atoms with van der Waals surface area (Å²) in [5, 5.41) is 0. The molecule has 0 spiro atoms. The van der Waals surface area contributed by atoms with E-state index in [0.717, 1.165) is 53.6 Å². The molecule has 2 aromatic heterocycles. The van der Waals surface area contributed by atoms with Crippen LogP contribution < -0.4 is 9.47 Å². The first-order valence-corrected chi connectivity index (χ1v) is 10.3. The number of hydrogen-bond acceptors (Lipinski definition) is 7. The molecule has 5 rings (SSSR count). The Morgan fingerprint density at radius 1 is 1.16 bits per heavy atom. The van der Waals surface area contributed by atoms with Crippen LogP contribution in [0.2, 0.25) is 0 Å². The van der Waals surface area contributed by atoms with Crippen LogP contribution in [0.4, 0.5) is 0 Å². The third-order valence-corrected chi connectivity index (χ3v) is 5.52. The zero-order valence-electron chi connectivity index (χ0n) is 17.4. The second-order valence-corrected chi connectivity index (χ2v) is 7.66. The van der Waals surface area contributed by atoms with Crippen LogP contribution in [0.15, 0.2) is 60.7 Å². The molecular weight excluding hydrogens is 392 g/mol. The fourth-order valence-electron chi connectivity index (χ4n) is 3.96. The lowest BCUT2D eigenvalue weighted by atomic mass is 10.1. The van der Waals surface area contributed by atoms with E-state index in [0.29, 0.717) is 13.2 Å². The van der Waals surface area contributed by atoms with E-state index >= 15 is 0 Å². The number of hydrogen-bond donors (Lipinski definition) is 0. The maximum atomic E-state index is 6.06. The van der Waals surface area contributed by atoms with Crippen molar-refractivity contribution in [2.75, 3.05) is 40.0 Å². The average molecular weight is 416 g/mol. The highest BCUT2D eigenvalue weighted by atomic mass is 16.5. The number of pyridine rings is 1. The smallest absolute Gasteiger partial charge is 0.127 e. The number of ether oxygens (including phenoxy) is 3. The van der Waals surface area contributed by atoms with E-state index in [2.05, 4.69) is 20.9 Å². The van der Waals surface area contributed by atoms with Crippen molar-refractivity contribution in [2.45, 2.75) is 6.10 Å². The van der Waals surface area contributed by atoms with Crippen molar-refractivity contribution in [3.05, 3.63) is 71.9 Å². The topological polar surface area (TPSA) is 69.6 Å². The van der Waals surface area contributed by atoms with Crippen LogP contribution in [-0.4, -0.2) is 59.8 Å². The van der Waals surface area contributed by atoms with Crippen LogP contribution in [-0.2, 0) is 4.74 Å². The van der Waals surface area contributed by atoms with Gasteiger partial charge in [0.2, 0.25) is 0 Å². The Bertz CT molecular complexity index is 1090. The van der Waals surface area contributed by atoms with Gasteiger partial charge >= 0.3 is 0 Å². The number of rotatable bonds is 5. The fourth-order valence-corrected chi connectivity index (χ4v) is 3.96. The van der Waals surface area contributed by atoms with E-state index in [1.807, 2.05) is 36.4 Å². The summed E-state index contributed by atoms with van der Waals surface area (Å²) in [6.45, 7) is 3.77. The predicted molar refractivity (Wildman–Crippen MR) is 117 cm³/mol. The largest absolute Gasteiger partial charge is 0.497 e. The lowest BCUT2D eigenvalue weighted by Crippen LogP contribution is -2.40. The number of fused-ring (bicyclic) bond motifs is 1. The third kappa shape index (κ3) is 4.42. The second-order valence-electron chi connectivity index (χ2n) is 7.66. The van der Waals surface area contributed by atoms with Crippen molar-refractivity contribution in [3.63, 3.8) is 0 Å². The van der Waals surface area contributed by atoms with Gasteiger partial charge in [0, 0.05) is 43.2 Å². The number of nitrogens with zero attached hydrogens (tertiary/aromatic N) is 4. The van der Waals surface area contributed by atoms with Crippen molar-refractivity contribution < 1.29 is 14.2 Å². The minimum Gasteiger partial charge on any atom is -0.497 e. The van der Waals surface area contributed by atoms with Gasteiger partial charge in [-0.2, -0.15) is 0 Å². The van der Waals surface area contributed by atoms with Gasteiger partial charge in [0.1, 0.15) is 30.5 Å². The first-order chi connectivity index (χ1) is 15.3. The molecule has 0 N–H and O–H groups in total. The molecule has 1 aromatic carbocycles. The molecule has 2 aliphatic heterocycles. The Kier molecular flexibility index (Phi) is 5.60. The number of aromatic nitrogens is 3. The molecule has 0 bridgehead atoms. The van der Waals surface area contributed by atoms with Gasteiger partial charge in [0.15, 0.2) is 0 Å². The lowest BCUT2D eigenvalue weighted by Gasteiger charge is -2.34. The Hall–Kier alpha value is -3.29. The first kappa shape index (κ1) is 19.7. The minimum absolute atomic E-state index is 0.0733. The summed E-state index contributed by atoms with van der Waals surface area (Å²) in [4.78, 5) is 15.4. The van der Waals surface area contributed by atoms with E-state index in [4.69, 9.17) is 19.2 Å². The molecule has 0 saturated carbocycles. The molecule has 1 saturated heterocycles. The van der Waals surface area contributed by atoms with Gasteiger partial charge in [-0.3, -0.25) is 4.90 Å². The second kappa shape index (κ2) is 8.83. The summed E-state index contributed by atoms with van der Waals surface area (Å²) in [6.07, 6.45) is 7.20. The number of benzene rings is 1. The van der Waals surface area contributed by atoms with Gasteiger partial charge in [-0.05, 0) is 42.0 Å². The van der Waals surface area contributed by atoms with Gasteiger partial charge in [-0.15, -0.1) is 0 Å². The summed E-state index contributed by atoms with van der Waals surface area (Å²) in [6, 6.07) is 11.9. The zero-order valence-corrected chi connectivity index (χ0v) is 17.4. The molecular formula is C24H24N4O3. The van der Waals surface area contributed by atoms with Crippen LogP contribution in [0.25, 0.3) is 17.3 Å². The van der Waals surface area contributed by atoms with E-state index in [1.54, 1.807) is 19.5 Å². The molecule has 0 amide bonds. The van der Waals surface area contributed by atoms with Gasteiger partial charge in [0.05, 0.1) is 25.1 Å². The van der Waals surface area contributed by atoms with Gasteiger partial charge in [0.25, 0.3) is 0 Å². The molecule has 2 aliphatic rings. The molecule has 0 aliphatic carbocycles. The molecule has 158 valence electrons. The molecule has 7 nitrogen and oxygen atoms in total. The monoisotopic (exact) mass is 416 g/mol. The SMILES string of the molecule is COc1ccc2c(c1)C=C(CN1CCOC(c3cccc(-c4cncnc4)n3)C1)CO2. The van der Waals surface area contributed by atoms with Crippen molar-refractivity contribution in [3.8, 4) is 22.8 Å². The van der Waals surface area contributed by atoms with Gasteiger partial charge in [-0.1, -0.05) is 6.07 Å². The molecule has 1 unspecified atom stereocenters. The number of methoxy groups -OCH3 is 1. The summed E-state index contributed by atoms with van der Waals surface area (Å²) in [5.41, 5.74) is 4.98. The van der Waals surface area contributed by atoms with E-state index in [-0.39, 0.29) is 6.10 Å². The van der Waals surface area contributed by atoms with Crippen LogP contribution in [0.3, 0.4) is 0 Å². The normalized spacial score (nSPS) is 18.6. The molecule has 7 heteroatoms. The fraction of sp³-hybridized carbons (Fsp3) is 0.292. The van der Waals surface area contributed by atoms with E-state index < -0.39 is 0 Å². The van der Waals surface area contributed by atoms with Gasteiger partial charge < -0.3 is 14.2 Å². The molecule has 0 radical (unpaired) electrons. The summed E-state index contributed by atoms with van der Waals surface area (Å²) in [5.74, 6) is 1.73. The summed E-state index contributed by atoms with van der Waals surface area (Å²) < 4.78 is 17.3. The Morgan fingerprint density at radius 2 is 2.06 bits per heavy atom. The molecule has 31 heavy (non-hydrogen) atoms. The maximum Gasteiger partial charge on any atom is 0.127 e. The molecule has 3 aromatic rings. The highest BCUT2D eigenvalue weighted by Gasteiger charge is 2.25. The van der Waals surface area contributed by atoms with Crippen LogP contribution in [0.1, 0.15) is 17.4 Å². The Balaban J connectivity index is 1.30.